The van der Waals surface area contributed by atoms with Crippen molar-refractivity contribution in [1.82, 2.24) is 26.2 Å². The summed E-state index contributed by atoms with van der Waals surface area (Å²) in [6, 6.07) is -1.90. The van der Waals surface area contributed by atoms with Gasteiger partial charge in [-0.05, 0) is 32.1 Å². The van der Waals surface area contributed by atoms with E-state index in [2.05, 4.69) is 28.2 Å². The van der Waals surface area contributed by atoms with Crippen LogP contribution < -0.4 is 21.3 Å². The van der Waals surface area contributed by atoms with Crippen molar-refractivity contribution in [1.29, 1.82) is 0 Å². The van der Waals surface area contributed by atoms with Crippen molar-refractivity contribution in [2.75, 3.05) is 46.1 Å². The molecule has 17 nitrogen and oxygen atoms in total. The van der Waals surface area contributed by atoms with Crippen molar-refractivity contribution < 1.29 is 58.0 Å². The molecular formula is C52H91N5O12. The third-order valence-electron chi connectivity index (χ3n) is 12.3. The second-order valence-corrected chi connectivity index (χ2v) is 18.4. The number of nitrogens with one attached hydrogen (secondary N) is 4. The van der Waals surface area contributed by atoms with E-state index in [0.29, 0.717) is 38.6 Å². The summed E-state index contributed by atoms with van der Waals surface area (Å²) >= 11 is 0. The Labute approximate surface area is 413 Å². The highest BCUT2D eigenvalue weighted by atomic mass is 16.5. The standard InChI is InChI=1S/C52H91N5O12/c1-2-3-4-5-6-7-14-17-20-24-29-43(55-46(59)31-26-23-28-37-57-48(61)33-34-49(57)62)51(65)53-36-39-69-41-40-68-38-35-45(58)54-42-44(52(66)67)56-47(60)30-25-21-18-15-12-10-8-9-11-13-16-19-22-27-32-50(63)64/h33-34,43-44H,2-32,35-42H2,1H3,(H,53,65)(H,54,58)(H,55,59)(H,56,60)(H,63,64)(H,66,67). The minimum absolute atomic E-state index is 0.00157. The Hall–Kier alpha value is -4.38. The molecule has 1 aliphatic rings. The van der Waals surface area contributed by atoms with Crippen LogP contribution in [0.2, 0.25) is 0 Å². The first-order chi connectivity index (χ1) is 33.4. The maximum atomic E-state index is 13.1. The van der Waals surface area contributed by atoms with Crippen LogP contribution >= 0.6 is 0 Å². The van der Waals surface area contributed by atoms with Crippen LogP contribution in [0.5, 0.6) is 0 Å². The van der Waals surface area contributed by atoms with E-state index in [1.807, 2.05) is 0 Å². The molecule has 1 aliphatic heterocycles. The fourth-order valence-corrected chi connectivity index (χ4v) is 8.07. The van der Waals surface area contributed by atoms with E-state index < -0.39 is 29.9 Å². The maximum Gasteiger partial charge on any atom is 0.328 e. The van der Waals surface area contributed by atoms with E-state index in [9.17, 15) is 43.5 Å². The number of carbonyl (C=O) groups excluding carboxylic acids is 6. The van der Waals surface area contributed by atoms with Crippen LogP contribution in [0.25, 0.3) is 0 Å². The first kappa shape index (κ1) is 62.6. The molecule has 0 aromatic carbocycles. The van der Waals surface area contributed by atoms with Crippen molar-refractivity contribution in [3.05, 3.63) is 12.2 Å². The Morgan fingerprint density at radius 3 is 1.42 bits per heavy atom. The zero-order valence-corrected chi connectivity index (χ0v) is 42.3. The molecule has 1 rings (SSSR count). The number of ether oxygens (including phenoxy) is 2. The minimum atomic E-state index is -1.23. The molecule has 69 heavy (non-hydrogen) atoms. The largest absolute Gasteiger partial charge is 0.481 e. The monoisotopic (exact) mass is 978 g/mol. The van der Waals surface area contributed by atoms with Crippen LogP contribution in [0.4, 0.5) is 0 Å². The molecular weight excluding hydrogens is 887 g/mol. The summed E-state index contributed by atoms with van der Waals surface area (Å²) in [6.45, 7) is 3.26. The Bertz CT molecular complexity index is 1460. The molecule has 0 saturated carbocycles. The third-order valence-corrected chi connectivity index (χ3v) is 12.3. The number of nitrogens with zero attached hydrogens (tertiary/aromatic N) is 1. The molecule has 0 spiro atoms. The zero-order chi connectivity index (χ0) is 50.6. The number of aliphatic carboxylic acids is 2. The Kier molecular flexibility index (Phi) is 39.6. The predicted molar refractivity (Wildman–Crippen MR) is 266 cm³/mol. The molecule has 6 N–H and O–H groups in total. The van der Waals surface area contributed by atoms with Gasteiger partial charge in [-0.25, -0.2) is 4.79 Å². The fraction of sp³-hybridized carbons (Fsp3) is 0.808. The highest BCUT2D eigenvalue weighted by Gasteiger charge is 2.24. The van der Waals surface area contributed by atoms with E-state index in [-0.39, 0.29) is 94.7 Å². The van der Waals surface area contributed by atoms with Gasteiger partial charge >= 0.3 is 11.9 Å². The van der Waals surface area contributed by atoms with E-state index in [0.717, 1.165) is 70.6 Å². The molecule has 0 fully saturated rings. The van der Waals surface area contributed by atoms with Gasteiger partial charge in [-0.3, -0.25) is 38.5 Å². The number of carboxylic acid groups (broad SMARTS) is 2. The lowest BCUT2D eigenvalue weighted by Gasteiger charge is -2.19. The number of amides is 6. The van der Waals surface area contributed by atoms with E-state index in [1.165, 1.54) is 94.1 Å². The van der Waals surface area contributed by atoms with Crippen LogP contribution in [0.3, 0.4) is 0 Å². The van der Waals surface area contributed by atoms with E-state index >= 15 is 0 Å². The summed E-state index contributed by atoms with van der Waals surface area (Å²) in [5, 5.41) is 29.1. The fourth-order valence-electron chi connectivity index (χ4n) is 8.07. The minimum Gasteiger partial charge on any atom is -0.481 e. The molecule has 0 aromatic heterocycles. The molecule has 0 aromatic rings. The summed E-state index contributed by atoms with van der Waals surface area (Å²) in [7, 11) is 0. The molecule has 0 saturated heterocycles. The number of hydrogen-bond donors (Lipinski definition) is 6. The Balaban J connectivity index is 2.19. The van der Waals surface area contributed by atoms with Gasteiger partial charge in [-0.2, -0.15) is 0 Å². The first-order valence-electron chi connectivity index (χ1n) is 26.7. The molecule has 0 bridgehead atoms. The van der Waals surface area contributed by atoms with Crippen LogP contribution in [0, 0.1) is 0 Å². The van der Waals surface area contributed by atoms with Gasteiger partial charge in [0.05, 0.1) is 26.4 Å². The number of rotatable bonds is 49. The molecule has 0 aliphatic carbocycles. The molecule has 0 radical (unpaired) electrons. The first-order valence-corrected chi connectivity index (χ1v) is 26.7. The third kappa shape index (κ3) is 37.2. The molecule has 6 amide bonds. The van der Waals surface area contributed by atoms with Gasteiger partial charge < -0.3 is 41.0 Å². The van der Waals surface area contributed by atoms with Crippen LogP contribution in [0.15, 0.2) is 12.2 Å². The van der Waals surface area contributed by atoms with Gasteiger partial charge in [0.1, 0.15) is 12.1 Å². The van der Waals surface area contributed by atoms with Gasteiger partial charge in [-0.1, -0.05) is 155 Å². The predicted octanol–water partition coefficient (Wildman–Crippen LogP) is 7.82. The van der Waals surface area contributed by atoms with Crippen LogP contribution in [-0.4, -0.2) is 121 Å². The van der Waals surface area contributed by atoms with Gasteiger partial charge in [0.15, 0.2) is 0 Å². The van der Waals surface area contributed by atoms with Gasteiger partial charge in [0.25, 0.3) is 11.8 Å². The highest BCUT2D eigenvalue weighted by Crippen LogP contribution is 2.15. The van der Waals surface area contributed by atoms with Crippen molar-refractivity contribution in [2.45, 2.75) is 224 Å². The molecule has 2 unspecified atom stereocenters. The maximum absolute atomic E-state index is 13.1. The van der Waals surface area contributed by atoms with E-state index in [1.54, 1.807) is 0 Å². The number of hydrogen-bond acceptors (Lipinski definition) is 10. The van der Waals surface area contributed by atoms with Gasteiger partial charge in [0, 0.05) is 57.5 Å². The second-order valence-electron chi connectivity index (χ2n) is 18.4. The quantitative estimate of drug-likeness (QED) is 0.0252. The lowest BCUT2D eigenvalue weighted by Crippen LogP contribution is -2.48. The Morgan fingerprint density at radius 1 is 0.493 bits per heavy atom. The average Bonchev–Trinajstić information content (AvgIpc) is 3.64. The SMILES string of the molecule is CCCCCCCCCCCCC(NC(=O)CCCCCN1C(=O)C=CC1=O)C(=O)NCCOCCOCCC(=O)NCC(NC(=O)CCCCCCCCCCCCCCCCC(=O)O)C(=O)O. The normalized spacial score (nSPS) is 13.1. The number of imide groups is 1. The lowest BCUT2D eigenvalue weighted by atomic mass is 10.0. The summed E-state index contributed by atoms with van der Waals surface area (Å²) in [5.74, 6) is -3.83. The number of carboxylic acids is 2. The van der Waals surface area contributed by atoms with Crippen molar-refractivity contribution in [3.8, 4) is 0 Å². The Morgan fingerprint density at radius 2 is 0.928 bits per heavy atom. The number of carbonyl (C=O) groups is 8. The summed E-state index contributed by atoms with van der Waals surface area (Å²) in [6.07, 6.45) is 32.2. The van der Waals surface area contributed by atoms with Crippen molar-refractivity contribution in [3.63, 3.8) is 0 Å². The van der Waals surface area contributed by atoms with E-state index in [4.69, 9.17) is 14.6 Å². The average molecular weight is 978 g/mol. The lowest BCUT2D eigenvalue weighted by molar-refractivity contribution is -0.142. The molecule has 396 valence electrons. The second kappa shape index (κ2) is 43.6. The van der Waals surface area contributed by atoms with Crippen LogP contribution in [-0.2, 0) is 47.8 Å². The molecule has 1 heterocycles. The summed E-state index contributed by atoms with van der Waals surface area (Å²) < 4.78 is 11.1. The van der Waals surface area contributed by atoms with Crippen molar-refractivity contribution in [2.24, 2.45) is 0 Å². The highest BCUT2D eigenvalue weighted by molar-refractivity contribution is 6.12. The summed E-state index contributed by atoms with van der Waals surface area (Å²) in [5.41, 5.74) is 0. The smallest absolute Gasteiger partial charge is 0.328 e. The van der Waals surface area contributed by atoms with Gasteiger partial charge in [-0.15, -0.1) is 0 Å². The molecule has 2 atom stereocenters. The van der Waals surface area contributed by atoms with Crippen LogP contribution in [0.1, 0.15) is 212 Å². The molecule has 17 heteroatoms. The zero-order valence-electron chi connectivity index (χ0n) is 42.3. The summed E-state index contributed by atoms with van der Waals surface area (Å²) in [4.78, 5) is 97.7. The number of unbranched alkanes of at least 4 members (excludes halogenated alkanes) is 24. The van der Waals surface area contributed by atoms with Crippen molar-refractivity contribution >= 4 is 47.4 Å². The van der Waals surface area contributed by atoms with Gasteiger partial charge in [0.2, 0.25) is 23.6 Å². The topological polar surface area (TPSA) is 247 Å².